The summed E-state index contributed by atoms with van der Waals surface area (Å²) in [4.78, 5) is 4.55. The third-order valence-corrected chi connectivity index (χ3v) is 3.70. The molecule has 5 heteroatoms. The molecular weight excluding hydrogens is 253 g/mol. The molecule has 0 radical (unpaired) electrons. The van der Waals surface area contributed by atoms with Gasteiger partial charge in [-0.05, 0) is 18.2 Å². The summed E-state index contributed by atoms with van der Waals surface area (Å²) >= 11 is 0. The van der Waals surface area contributed by atoms with Gasteiger partial charge in [0.1, 0.15) is 5.82 Å². The number of halogens is 1. The molecule has 0 aliphatic carbocycles. The molecular formula is C13H14FNO2S. The SMILES string of the molecule is COC1C=CC(c2ccc(S(C)=O)c(F)c2)=NC1. The van der Waals surface area contributed by atoms with Gasteiger partial charge in [0, 0.05) is 18.9 Å². The van der Waals surface area contributed by atoms with E-state index in [0.717, 1.165) is 5.71 Å². The summed E-state index contributed by atoms with van der Waals surface area (Å²) in [7, 11) is 0.312. The van der Waals surface area contributed by atoms with E-state index >= 15 is 0 Å². The van der Waals surface area contributed by atoms with E-state index in [0.29, 0.717) is 12.1 Å². The Morgan fingerprint density at radius 1 is 1.50 bits per heavy atom. The zero-order valence-electron chi connectivity index (χ0n) is 10.2. The summed E-state index contributed by atoms with van der Waals surface area (Å²) in [5, 5.41) is 0. The Bertz CT molecular complexity index is 540. The predicted octanol–water partition coefficient (Wildman–Crippen LogP) is 1.94. The summed E-state index contributed by atoms with van der Waals surface area (Å²) in [6.07, 6.45) is 5.15. The van der Waals surface area contributed by atoms with Crippen LogP contribution in [-0.4, -0.2) is 35.9 Å². The Balaban J connectivity index is 2.26. The van der Waals surface area contributed by atoms with Gasteiger partial charge < -0.3 is 4.74 Å². The molecule has 18 heavy (non-hydrogen) atoms. The maximum absolute atomic E-state index is 13.7. The molecule has 0 saturated carbocycles. The second kappa shape index (κ2) is 5.54. The van der Waals surface area contributed by atoms with Crippen LogP contribution in [0.3, 0.4) is 0 Å². The van der Waals surface area contributed by atoms with Gasteiger partial charge in [0.15, 0.2) is 0 Å². The molecule has 0 saturated heterocycles. The third kappa shape index (κ3) is 2.73. The number of hydrogen-bond acceptors (Lipinski definition) is 3. The van der Waals surface area contributed by atoms with Gasteiger partial charge in [-0.15, -0.1) is 0 Å². The molecule has 2 unspecified atom stereocenters. The van der Waals surface area contributed by atoms with Crippen molar-refractivity contribution in [1.82, 2.24) is 0 Å². The molecule has 1 aromatic carbocycles. The normalized spacial score (nSPS) is 20.6. The average Bonchev–Trinajstić information content (AvgIpc) is 2.38. The van der Waals surface area contributed by atoms with E-state index < -0.39 is 16.6 Å². The number of methoxy groups -OCH3 is 1. The standard InChI is InChI=1S/C13H14FNO2S/c1-17-10-4-5-12(15-8-10)9-3-6-13(18(2)16)11(14)7-9/h3-7,10H,8H2,1-2H3. The monoisotopic (exact) mass is 267 g/mol. The average molecular weight is 267 g/mol. The van der Waals surface area contributed by atoms with Gasteiger partial charge in [-0.1, -0.05) is 12.1 Å². The fraction of sp³-hybridized carbons (Fsp3) is 0.308. The lowest BCUT2D eigenvalue weighted by Crippen LogP contribution is -2.17. The molecule has 2 rings (SSSR count). The van der Waals surface area contributed by atoms with Gasteiger partial charge in [-0.3, -0.25) is 9.20 Å². The van der Waals surface area contributed by atoms with Crippen LogP contribution < -0.4 is 0 Å². The number of hydrogen-bond donors (Lipinski definition) is 0. The minimum Gasteiger partial charge on any atom is -0.375 e. The van der Waals surface area contributed by atoms with Gasteiger partial charge in [0.25, 0.3) is 0 Å². The van der Waals surface area contributed by atoms with Crippen molar-refractivity contribution in [3.05, 3.63) is 41.7 Å². The second-order valence-corrected chi connectivity index (χ2v) is 5.31. The van der Waals surface area contributed by atoms with Gasteiger partial charge in [-0.2, -0.15) is 0 Å². The summed E-state index contributed by atoms with van der Waals surface area (Å²) in [6.45, 7) is 0.533. The number of benzene rings is 1. The molecule has 1 aliphatic heterocycles. The molecule has 0 amide bonds. The zero-order valence-corrected chi connectivity index (χ0v) is 11.0. The predicted molar refractivity (Wildman–Crippen MR) is 70.1 cm³/mol. The van der Waals surface area contributed by atoms with Crippen LogP contribution in [0, 0.1) is 5.82 Å². The number of dihydropyridines is 1. The summed E-state index contributed by atoms with van der Waals surface area (Å²) < 4.78 is 30.1. The second-order valence-electron chi connectivity index (χ2n) is 3.96. The van der Waals surface area contributed by atoms with Gasteiger partial charge in [0.2, 0.25) is 0 Å². The molecule has 2 atom stereocenters. The smallest absolute Gasteiger partial charge is 0.139 e. The van der Waals surface area contributed by atoms with Crippen LogP contribution >= 0.6 is 0 Å². The van der Waals surface area contributed by atoms with Crippen LogP contribution in [0.4, 0.5) is 4.39 Å². The van der Waals surface area contributed by atoms with Gasteiger partial charge in [0.05, 0.1) is 34.1 Å². The van der Waals surface area contributed by atoms with Crippen LogP contribution in [0.25, 0.3) is 0 Å². The van der Waals surface area contributed by atoms with Crippen molar-refractivity contribution in [1.29, 1.82) is 0 Å². The molecule has 0 bridgehead atoms. The molecule has 0 aromatic heterocycles. The number of rotatable bonds is 3. The quantitative estimate of drug-likeness (QED) is 0.839. The molecule has 3 nitrogen and oxygen atoms in total. The number of ether oxygens (including phenoxy) is 1. The van der Waals surface area contributed by atoms with Crippen molar-refractivity contribution >= 4 is 16.5 Å². The Hall–Kier alpha value is -1.33. The van der Waals surface area contributed by atoms with E-state index in [1.807, 2.05) is 12.2 Å². The van der Waals surface area contributed by atoms with Crippen LogP contribution in [0.2, 0.25) is 0 Å². The number of aliphatic imine (C=N–C) groups is 1. The van der Waals surface area contributed by atoms with E-state index in [2.05, 4.69) is 4.99 Å². The molecule has 0 N–H and O–H groups in total. The molecule has 1 heterocycles. The minimum absolute atomic E-state index is 0.0129. The highest BCUT2D eigenvalue weighted by Crippen LogP contribution is 2.16. The lowest BCUT2D eigenvalue weighted by atomic mass is 10.1. The fourth-order valence-corrected chi connectivity index (χ4v) is 2.33. The molecule has 1 aliphatic rings. The molecule has 0 fully saturated rings. The van der Waals surface area contributed by atoms with Gasteiger partial charge >= 0.3 is 0 Å². The maximum Gasteiger partial charge on any atom is 0.139 e. The number of nitrogens with zero attached hydrogens (tertiary/aromatic N) is 1. The van der Waals surface area contributed by atoms with E-state index in [-0.39, 0.29) is 11.0 Å². The molecule has 96 valence electrons. The first kappa shape index (κ1) is 13.1. The van der Waals surface area contributed by atoms with Crippen molar-refractivity contribution in [3.63, 3.8) is 0 Å². The van der Waals surface area contributed by atoms with E-state index in [9.17, 15) is 8.60 Å². The van der Waals surface area contributed by atoms with E-state index in [1.54, 1.807) is 19.2 Å². The Kier molecular flexibility index (Phi) is 4.04. The molecule has 1 aromatic rings. The lowest BCUT2D eigenvalue weighted by molar-refractivity contribution is 0.147. The van der Waals surface area contributed by atoms with Crippen molar-refractivity contribution in [2.45, 2.75) is 11.0 Å². The van der Waals surface area contributed by atoms with Crippen LogP contribution in [0.15, 0.2) is 40.2 Å². The van der Waals surface area contributed by atoms with Crippen molar-refractivity contribution in [2.24, 2.45) is 4.99 Å². The third-order valence-electron chi connectivity index (χ3n) is 2.75. The first-order valence-corrected chi connectivity index (χ1v) is 7.06. The highest BCUT2D eigenvalue weighted by Gasteiger charge is 2.12. The van der Waals surface area contributed by atoms with Crippen LogP contribution in [-0.2, 0) is 15.5 Å². The topological polar surface area (TPSA) is 38.7 Å². The summed E-state index contributed by atoms with van der Waals surface area (Å²) in [6, 6.07) is 4.64. The largest absolute Gasteiger partial charge is 0.375 e. The highest BCUT2D eigenvalue weighted by atomic mass is 32.2. The highest BCUT2D eigenvalue weighted by molar-refractivity contribution is 7.84. The van der Waals surface area contributed by atoms with Crippen LogP contribution in [0.1, 0.15) is 5.56 Å². The van der Waals surface area contributed by atoms with Crippen molar-refractivity contribution in [2.75, 3.05) is 19.9 Å². The van der Waals surface area contributed by atoms with Crippen LogP contribution in [0.5, 0.6) is 0 Å². The first-order valence-electron chi connectivity index (χ1n) is 5.50. The van der Waals surface area contributed by atoms with E-state index in [4.69, 9.17) is 4.74 Å². The summed E-state index contributed by atoms with van der Waals surface area (Å²) in [5.41, 5.74) is 1.41. The van der Waals surface area contributed by atoms with E-state index in [1.165, 1.54) is 12.3 Å². The zero-order chi connectivity index (χ0) is 13.1. The Morgan fingerprint density at radius 3 is 2.78 bits per heavy atom. The molecule has 0 spiro atoms. The minimum atomic E-state index is -1.31. The summed E-state index contributed by atoms with van der Waals surface area (Å²) in [5.74, 6) is -0.460. The fourth-order valence-electron chi connectivity index (χ4n) is 1.73. The Labute approximate surface area is 108 Å². The maximum atomic E-state index is 13.7. The lowest BCUT2D eigenvalue weighted by Gasteiger charge is -2.14. The van der Waals surface area contributed by atoms with Crippen molar-refractivity contribution in [3.8, 4) is 0 Å². The number of allylic oxidation sites excluding steroid dienone is 1. The first-order chi connectivity index (χ1) is 8.61. The van der Waals surface area contributed by atoms with Crippen molar-refractivity contribution < 1.29 is 13.3 Å². The Morgan fingerprint density at radius 2 is 2.28 bits per heavy atom. The van der Waals surface area contributed by atoms with Gasteiger partial charge in [-0.25, -0.2) is 4.39 Å².